The lowest BCUT2D eigenvalue weighted by atomic mass is 10.1. The zero-order valence-corrected chi connectivity index (χ0v) is 14.0. The van der Waals surface area contributed by atoms with Crippen molar-refractivity contribution < 1.29 is 19.5 Å². The third kappa shape index (κ3) is 3.04. The summed E-state index contributed by atoms with van der Waals surface area (Å²) >= 11 is 0. The Labute approximate surface area is 153 Å². The second kappa shape index (κ2) is 6.41. The predicted molar refractivity (Wildman–Crippen MR) is 100 cm³/mol. The third-order valence-electron chi connectivity index (χ3n) is 4.21. The third-order valence-corrected chi connectivity index (χ3v) is 4.21. The summed E-state index contributed by atoms with van der Waals surface area (Å²) in [5.74, 6) is -0.652. The van der Waals surface area contributed by atoms with E-state index in [1.165, 1.54) is 17.2 Å². The number of hydrogen-bond acceptors (Lipinski definition) is 4. The molecule has 0 saturated carbocycles. The van der Waals surface area contributed by atoms with Crippen molar-refractivity contribution in [3.8, 4) is 0 Å². The van der Waals surface area contributed by atoms with Gasteiger partial charge in [-0.25, -0.2) is 9.78 Å². The molecule has 1 aliphatic heterocycles. The molecule has 3 amide bonds. The maximum atomic E-state index is 12.7. The van der Waals surface area contributed by atoms with Crippen LogP contribution in [-0.2, 0) is 9.59 Å². The highest BCUT2D eigenvalue weighted by Gasteiger charge is 2.28. The number of fused-ring (bicyclic) bond motifs is 3. The number of carbonyl (C=O) groups is 3. The van der Waals surface area contributed by atoms with Gasteiger partial charge in [0.15, 0.2) is 0 Å². The van der Waals surface area contributed by atoms with Gasteiger partial charge >= 0.3 is 6.09 Å². The molecule has 1 aromatic heterocycles. The van der Waals surface area contributed by atoms with E-state index in [0.717, 1.165) is 10.8 Å². The summed E-state index contributed by atoms with van der Waals surface area (Å²) in [7, 11) is 0. The van der Waals surface area contributed by atoms with E-state index in [1.807, 2.05) is 30.3 Å². The predicted octanol–water partition coefficient (Wildman–Crippen LogP) is 3.33. The van der Waals surface area contributed by atoms with Crippen LogP contribution in [0.1, 0.15) is 6.42 Å². The van der Waals surface area contributed by atoms with Crippen LogP contribution in [0.4, 0.5) is 27.7 Å². The van der Waals surface area contributed by atoms with Crippen LogP contribution in [0, 0.1) is 0 Å². The van der Waals surface area contributed by atoms with Gasteiger partial charge in [-0.1, -0.05) is 30.3 Å². The Morgan fingerprint density at radius 2 is 1.93 bits per heavy atom. The summed E-state index contributed by atoms with van der Waals surface area (Å²) in [5.41, 5.74) is 1.52. The van der Waals surface area contributed by atoms with Crippen molar-refractivity contribution in [2.45, 2.75) is 6.42 Å². The van der Waals surface area contributed by atoms with E-state index < -0.39 is 17.9 Å². The number of rotatable bonds is 2. The van der Waals surface area contributed by atoms with Crippen LogP contribution in [0.2, 0.25) is 0 Å². The van der Waals surface area contributed by atoms with Gasteiger partial charge in [0.25, 0.3) is 0 Å². The standard InChI is InChI=1S/C19H14N4O4/c24-16-9-17(25)23(12-6-8-15(20-10-12)21-19(26)27)14-7-5-11-3-1-2-4-13(11)18(14)22-16/h1-8,10H,9H2,(H,20,21)(H,22,24)(H,26,27). The summed E-state index contributed by atoms with van der Waals surface area (Å²) in [4.78, 5) is 41.1. The Morgan fingerprint density at radius 3 is 2.67 bits per heavy atom. The molecule has 0 radical (unpaired) electrons. The van der Waals surface area contributed by atoms with Crippen molar-refractivity contribution in [1.29, 1.82) is 0 Å². The minimum absolute atomic E-state index is 0.140. The number of carbonyl (C=O) groups excluding carboxylic acids is 2. The lowest BCUT2D eigenvalue weighted by Crippen LogP contribution is -2.26. The van der Waals surface area contributed by atoms with E-state index in [4.69, 9.17) is 5.11 Å². The molecule has 0 saturated heterocycles. The van der Waals surface area contributed by atoms with Crippen LogP contribution in [0.15, 0.2) is 54.7 Å². The van der Waals surface area contributed by atoms with Gasteiger partial charge in [-0.15, -0.1) is 0 Å². The number of benzene rings is 2. The van der Waals surface area contributed by atoms with E-state index in [-0.39, 0.29) is 12.2 Å². The summed E-state index contributed by atoms with van der Waals surface area (Å²) < 4.78 is 0. The van der Waals surface area contributed by atoms with Gasteiger partial charge in [0.2, 0.25) is 11.8 Å². The highest BCUT2D eigenvalue weighted by atomic mass is 16.4. The molecule has 4 rings (SSSR count). The van der Waals surface area contributed by atoms with E-state index in [9.17, 15) is 14.4 Å². The summed E-state index contributed by atoms with van der Waals surface area (Å²) in [6, 6.07) is 14.2. The Hall–Kier alpha value is -3.94. The fraction of sp³-hybridized carbons (Fsp3) is 0.0526. The number of nitrogens with one attached hydrogen (secondary N) is 2. The lowest BCUT2D eigenvalue weighted by molar-refractivity contribution is -0.124. The van der Waals surface area contributed by atoms with Crippen LogP contribution >= 0.6 is 0 Å². The molecule has 0 bridgehead atoms. The quantitative estimate of drug-likeness (QED) is 0.606. The smallest absolute Gasteiger partial charge is 0.410 e. The molecule has 3 aromatic rings. The second-order valence-corrected chi connectivity index (χ2v) is 5.97. The normalized spacial score (nSPS) is 13.7. The van der Waals surface area contributed by atoms with Gasteiger partial charge in [0.05, 0.1) is 23.3 Å². The van der Waals surface area contributed by atoms with Crippen molar-refractivity contribution in [3.63, 3.8) is 0 Å². The van der Waals surface area contributed by atoms with Crippen LogP contribution in [0.25, 0.3) is 10.8 Å². The molecule has 0 unspecified atom stereocenters. The molecule has 3 N–H and O–H groups in total. The van der Waals surface area contributed by atoms with Gasteiger partial charge in [-0.05, 0) is 23.6 Å². The fourth-order valence-corrected chi connectivity index (χ4v) is 3.10. The van der Waals surface area contributed by atoms with E-state index in [0.29, 0.717) is 17.1 Å². The van der Waals surface area contributed by atoms with E-state index in [1.54, 1.807) is 12.1 Å². The first-order valence-corrected chi connectivity index (χ1v) is 8.13. The molecule has 8 nitrogen and oxygen atoms in total. The first kappa shape index (κ1) is 16.5. The highest BCUT2D eigenvalue weighted by molar-refractivity contribution is 6.21. The first-order valence-electron chi connectivity index (χ1n) is 8.13. The number of pyridine rings is 1. The van der Waals surface area contributed by atoms with Crippen LogP contribution < -0.4 is 15.5 Å². The molecule has 2 heterocycles. The number of anilines is 4. The maximum Gasteiger partial charge on any atom is 0.410 e. The van der Waals surface area contributed by atoms with Crippen molar-refractivity contribution in [1.82, 2.24) is 4.98 Å². The Morgan fingerprint density at radius 1 is 1.11 bits per heavy atom. The van der Waals surface area contributed by atoms with E-state index >= 15 is 0 Å². The van der Waals surface area contributed by atoms with Crippen molar-refractivity contribution in [2.24, 2.45) is 0 Å². The highest BCUT2D eigenvalue weighted by Crippen LogP contribution is 2.39. The summed E-state index contributed by atoms with van der Waals surface area (Å²) in [6.07, 6.45) is -0.150. The largest absolute Gasteiger partial charge is 0.465 e. The molecule has 2 aromatic carbocycles. The van der Waals surface area contributed by atoms with Crippen LogP contribution in [-0.4, -0.2) is 28.0 Å². The Kier molecular flexibility index (Phi) is 3.92. The van der Waals surface area contributed by atoms with Gasteiger partial charge < -0.3 is 10.4 Å². The van der Waals surface area contributed by atoms with Gasteiger partial charge in [-0.3, -0.25) is 19.8 Å². The lowest BCUT2D eigenvalue weighted by Gasteiger charge is -2.23. The number of aromatic nitrogens is 1. The molecule has 0 fully saturated rings. The molecular formula is C19H14N4O4. The van der Waals surface area contributed by atoms with Gasteiger partial charge in [0.1, 0.15) is 12.2 Å². The minimum Gasteiger partial charge on any atom is -0.465 e. The molecule has 0 spiro atoms. The van der Waals surface area contributed by atoms with Gasteiger partial charge in [-0.2, -0.15) is 0 Å². The Bertz CT molecular complexity index is 1080. The average Bonchev–Trinajstić information content (AvgIpc) is 2.77. The minimum atomic E-state index is -1.23. The number of carboxylic acid groups (broad SMARTS) is 1. The maximum absolute atomic E-state index is 12.7. The number of nitrogens with zero attached hydrogens (tertiary/aromatic N) is 2. The summed E-state index contributed by atoms with van der Waals surface area (Å²) in [6.45, 7) is 0. The fourth-order valence-electron chi connectivity index (χ4n) is 3.10. The number of hydrogen-bond donors (Lipinski definition) is 3. The molecule has 27 heavy (non-hydrogen) atoms. The molecular weight excluding hydrogens is 348 g/mol. The topological polar surface area (TPSA) is 112 Å². The van der Waals surface area contributed by atoms with Crippen molar-refractivity contribution >= 4 is 51.6 Å². The monoisotopic (exact) mass is 362 g/mol. The molecule has 0 atom stereocenters. The zero-order valence-electron chi connectivity index (χ0n) is 14.0. The van der Waals surface area contributed by atoms with Crippen LogP contribution in [0.5, 0.6) is 0 Å². The van der Waals surface area contributed by atoms with Crippen molar-refractivity contribution in [3.05, 3.63) is 54.7 Å². The van der Waals surface area contributed by atoms with Crippen molar-refractivity contribution in [2.75, 3.05) is 15.5 Å². The summed E-state index contributed by atoms with van der Waals surface area (Å²) in [5, 5.41) is 15.5. The number of amides is 3. The second-order valence-electron chi connectivity index (χ2n) is 5.97. The molecule has 1 aliphatic rings. The molecule has 0 aliphatic carbocycles. The van der Waals surface area contributed by atoms with Gasteiger partial charge in [0, 0.05) is 5.39 Å². The molecule has 134 valence electrons. The zero-order chi connectivity index (χ0) is 19.0. The Balaban J connectivity index is 1.85. The first-order chi connectivity index (χ1) is 13.0. The van der Waals surface area contributed by atoms with Crippen LogP contribution in [0.3, 0.4) is 0 Å². The average molecular weight is 362 g/mol. The molecule has 8 heteroatoms. The SMILES string of the molecule is O=C(O)Nc1ccc(N2C(=O)CC(=O)Nc3c2ccc2ccccc32)cn1. The van der Waals surface area contributed by atoms with E-state index in [2.05, 4.69) is 15.6 Å².